The fourth-order valence-corrected chi connectivity index (χ4v) is 7.77. The van der Waals surface area contributed by atoms with Gasteiger partial charge in [0.1, 0.15) is 87.3 Å². The van der Waals surface area contributed by atoms with Gasteiger partial charge in [-0.25, -0.2) is 68.7 Å². The molecule has 0 saturated heterocycles. The average molecular weight is 1460 g/mol. The number of rotatable bonds is 13. The molecular formula is C67H55BrF11N13O8. The van der Waals surface area contributed by atoms with Crippen LogP contribution in [0, 0.1) is 17.6 Å². The Morgan fingerprint density at radius 1 is 0.440 bits per heavy atom. The lowest BCUT2D eigenvalue weighted by Gasteiger charge is -2.31. The highest BCUT2D eigenvalue weighted by atomic mass is 79.9. The summed E-state index contributed by atoms with van der Waals surface area (Å²) in [6, 6.07) is 23.9. The number of halogens is 12. The largest absolute Gasteiger partial charge is 0.508 e. The van der Waals surface area contributed by atoms with Crippen LogP contribution in [0.4, 0.5) is 48.3 Å². The van der Waals surface area contributed by atoms with E-state index >= 15 is 0 Å². The molecule has 520 valence electrons. The van der Waals surface area contributed by atoms with Gasteiger partial charge in [0.25, 0.3) is 5.91 Å². The fraction of sp³-hybridized carbons (Fsp3) is 0.149. The Hall–Kier alpha value is -11.6. The summed E-state index contributed by atoms with van der Waals surface area (Å²) < 4.78 is 147. The van der Waals surface area contributed by atoms with Crippen LogP contribution >= 0.6 is 15.9 Å². The predicted molar refractivity (Wildman–Crippen MR) is 339 cm³/mol. The number of ketones is 2. The summed E-state index contributed by atoms with van der Waals surface area (Å²) in [5.74, 6) is -1.01. The smallest absolute Gasteiger partial charge is 0.416 e. The second kappa shape index (κ2) is 37.2. The van der Waals surface area contributed by atoms with E-state index in [0.717, 1.165) is 66.0 Å². The SMILES string of the molecule is C.CC(C)C(O)(c1cncnc1)c1ccc(Oc2ccc(C(F)(F)F)cc2)cn1.CON(C)C(=O)c1cncnc1.Fc1ccc(Br)nc1.O=C(c1cncnc1)c1ccc(F)cn1.O=C(c1cncnc1)c1ccc(Oc2ccc(C(F)(F)F)cc2)cn1.Oc1ccc(C(F)(F)F)cc1. The Morgan fingerprint density at radius 3 is 1.12 bits per heavy atom. The molecule has 1 unspecified atom stereocenters. The number of benzene rings is 3. The molecule has 11 rings (SSSR count). The van der Waals surface area contributed by atoms with Crippen molar-refractivity contribution in [3.8, 4) is 28.7 Å². The molecule has 8 aromatic heterocycles. The van der Waals surface area contributed by atoms with Crippen LogP contribution in [0.25, 0.3) is 0 Å². The third-order valence-electron chi connectivity index (χ3n) is 12.6. The zero-order valence-electron chi connectivity index (χ0n) is 51.6. The van der Waals surface area contributed by atoms with E-state index in [1.54, 1.807) is 18.2 Å². The number of hydrogen-bond acceptors (Lipinski definition) is 20. The highest BCUT2D eigenvalue weighted by Gasteiger charge is 2.38. The first kappa shape index (κ1) is 79.1. The first-order chi connectivity index (χ1) is 47.0. The maximum absolute atomic E-state index is 12.6. The molecule has 8 heterocycles. The number of nitrogens with zero attached hydrogens (tertiary/aromatic N) is 13. The molecule has 3 aromatic carbocycles. The van der Waals surface area contributed by atoms with Crippen LogP contribution in [-0.4, -0.2) is 107 Å². The monoisotopic (exact) mass is 1460 g/mol. The Bertz CT molecular complexity index is 4260. The van der Waals surface area contributed by atoms with Crippen LogP contribution in [0.15, 0.2) is 226 Å². The Kier molecular flexibility index (Phi) is 29.5. The van der Waals surface area contributed by atoms with Crippen molar-refractivity contribution in [3.05, 3.63) is 293 Å². The molecule has 0 fully saturated rings. The lowest BCUT2D eigenvalue weighted by Crippen LogP contribution is -2.34. The molecule has 0 spiro atoms. The Labute approximate surface area is 570 Å². The highest BCUT2D eigenvalue weighted by molar-refractivity contribution is 9.10. The molecule has 0 aliphatic heterocycles. The van der Waals surface area contributed by atoms with Gasteiger partial charge >= 0.3 is 18.5 Å². The van der Waals surface area contributed by atoms with Crippen LogP contribution in [0.2, 0.25) is 0 Å². The number of alkyl halides is 9. The van der Waals surface area contributed by atoms with Crippen molar-refractivity contribution in [2.24, 2.45) is 5.92 Å². The van der Waals surface area contributed by atoms with Gasteiger partial charge in [-0.3, -0.25) is 24.2 Å². The minimum Gasteiger partial charge on any atom is -0.508 e. The second-order valence-electron chi connectivity index (χ2n) is 19.8. The molecule has 0 bridgehead atoms. The summed E-state index contributed by atoms with van der Waals surface area (Å²) >= 11 is 3.07. The maximum atomic E-state index is 12.6. The van der Waals surface area contributed by atoms with Crippen molar-refractivity contribution < 1.29 is 87.2 Å². The van der Waals surface area contributed by atoms with Crippen LogP contribution in [0.1, 0.15) is 91.7 Å². The minimum atomic E-state index is -4.40. The fourth-order valence-electron chi connectivity index (χ4n) is 7.53. The number of aromatic nitrogens is 12. The van der Waals surface area contributed by atoms with Gasteiger partial charge in [-0.05, 0) is 143 Å². The van der Waals surface area contributed by atoms with Gasteiger partial charge < -0.3 is 19.7 Å². The van der Waals surface area contributed by atoms with Gasteiger partial charge in [0.2, 0.25) is 11.6 Å². The minimum absolute atomic E-state index is 0. The van der Waals surface area contributed by atoms with E-state index in [1.807, 2.05) is 13.8 Å². The van der Waals surface area contributed by atoms with Crippen molar-refractivity contribution >= 4 is 33.4 Å². The number of ether oxygens (including phenoxy) is 2. The Balaban J connectivity index is 0.000000227. The summed E-state index contributed by atoms with van der Waals surface area (Å²) in [5, 5.41) is 21.0. The zero-order chi connectivity index (χ0) is 72.3. The van der Waals surface area contributed by atoms with E-state index in [2.05, 4.69) is 75.7 Å². The van der Waals surface area contributed by atoms with Crippen molar-refractivity contribution in [1.29, 1.82) is 0 Å². The first-order valence-corrected chi connectivity index (χ1v) is 28.8. The summed E-state index contributed by atoms with van der Waals surface area (Å²) in [6.45, 7) is 3.70. The lowest BCUT2D eigenvalue weighted by molar-refractivity contribution is -0.138. The second-order valence-corrected chi connectivity index (χ2v) is 20.6. The van der Waals surface area contributed by atoms with E-state index in [4.69, 9.17) is 19.4 Å². The summed E-state index contributed by atoms with van der Waals surface area (Å²) in [5.41, 5.74) is -1.38. The molecule has 0 aliphatic rings. The molecule has 0 radical (unpaired) electrons. The van der Waals surface area contributed by atoms with Crippen LogP contribution in [-0.2, 0) is 29.0 Å². The summed E-state index contributed by atoms with van der Waals surface area (Å²) in [7, 11) is 2.94. The first-order valence-electron chi connectivity index (χ1n) is 28.0. The van der Waals surface area contributed by atoms with Crippen LogP contribution in [0.3, 0.4) is 0 Å². The lowest BCUT2D eigenvalue weighted by atomic mass is 9.81. The molecular weight excluding hydrogens is 1400 g/mol. The standard InChI is InChI=1S/C20H18F3N3O2.C17H10F3N3O2.C10H6FN3O.C7H5F3O.C7H9N3O2.C5H3BrFN.CH4/c1-13(2)19(27,15-9-24-12-25-10-15)18-8-7-17(11-26-18)28-16-5-3-14(4-6-16)20(21,22)23;18-17(19,20)12-1-3-13(4-2-12)25-14-5-6-15(23-9-14)16(24)11-7-21-10-22-8-11;11-8-1-2-9(14-5-8)10(15)7-3-12-6-13-4-7;8-7(9,10)5-1-3-6(11)4-2-5;1-10(12-2)7(11)6-3-8-5-9-4-6;6-5-2-1-4(7)3-8-5;/h3-13,27H,1-2H3;1-10H;1-6H;1-4,11H;3-5H,1-2H3;1-3H;1H4. The molecule has 100 heavy (non-hydrogen) atoms. The molecule has 2 N–H and O–H groups in total. The molecule has 1 amide bonds. The number of pyridine rings is 4. The van der Waals surface area contributed by atoms with E-state index < -0.39 is 46.6 Å². The van der Waals surface area contributed by atoms with Crippen molar-refractivity contribution in [1.82, 2.24) is 64.9 Å². The zero-order valence-corrected chi connectivity index (χ0v) is 53.1. The van der Waals surface area contributed by atoms with Crippen LogP contribution < -0.4 is 9.47 Å². The van der Waals surface area contributed by atoms with E-state index in [0.29, 0.717) is 44.0 Å². The summed E-state index contributed by atoms with van der Waals surface area (Å²) in [6.07, 6.45) is 8.59. The normalized spacial score (nSPS) is 11.3. The quantitative estimate of drug-likeness (QED) is 0.0469. The topological polar surface area (TPSA) is 277 Å². The molecule has 21 nitrogen and oxygen atoms in total. The van der Waals surface area contributed by atoms with E-state index in [9.17, 15) is 67.8 Å². The summed E-state index contributed by atoms with van der Waals surface area (Å²) in [4.78, 5) is 85.7. The molecule has 1 atom stereocenters. The number of phenolic OH excluding ortho intramolecular Hbond substituents is 1. The number of amides is 1. The van der Waals surface area contributed by atoms with Crippen molar-refractivity contribution in [3.63, 3.8) is 0 Å². The maximum Gasteiger partial charge on any atom is 0.416 e. The predicted octanol–water partition coefficient (Wildman–Crippen LogP) is 14.9. The number of phenols is 1. The van der Waals surface area contributed by atoms with Crippen molar-refractivity contribution in [2.75, 3.05) is 14.2 Å². The molecule has 0 aliphatic carbocycles. The van der Waals surface area contributed by atoms with Gasteiger partial charge in [-0.1, -0.05) is 21.3 Å². The number of aliphatic hydroxyl groups is 1. The Morgan fingerprint density at radius 2 is 0.790 bits per heavy atom. The van der Waals surface area contributed by atoms with E-state index in [-0.39, 0.29) is 65.3 Å². The van der Waals surface area contributed by atoms with Crippen molar-refractivity contribution in [2.45, 2.75) is 45.4 Å². The third-order valence-corrected chi connectivity index (χ3v) is 13.1. The molecule has 0 saturated carbocycles. The van der Waals surface area contributed by atoms with Gasteiger partial charge in [0, 0.05) is 62.2 Å². The average Bonchev–Trinajstić information content (AvgIpc) is 0.785. The molecule has 11 aromatic rings. The number of carbonyl (C=O) groups excluding carboxylic acids is 3. The number of hydrogen-bond donors (Lipinski definition) is 2. The van der Waals surface area contributed by atoms with Crippen LogP contribution in [0.5, 0.6) is 28.7 Å². The van der Waals surface area contributed by atoms with Gasteiger partial charge in [0.15, 0.2) is 0 Å². The number of hydroxylamine groups is 2. The van der Waals surface area contributed by atoms with E-state index in [1.165, 1.54) is 156 Å². The van der Waals surface area contributed by atoms with Gasteiger partial charge in [-0.2, -0.15) is 39.5 Å². The molecule has 33 heteroatoms. The number of carbonyl (C=O) groups is 3. The van der Waals surface area contributed by atoms with Gasteiger partial charge in [0.05, 0.1) is 71.0 Å². The number of aromatic hydroxyl groups is 1. The van der Waals surface area contributed by atoms with Gasteiger partial charge in [-0.15, -0.1) is 0 Å². The third kappa shape index (κ3) is 24.5. The highest BCUT2D eigenvalue weighted by Crippen LogP contribution is 2.37.